The zero-order valence-electron chi connectivity index (χ0n) is 12.8. The highest BCUT2D eigenvalue weighted by atomic mass is 16.3. The largest absolute Gasteiger partial charge is 0.467 e. The van der Waals surface area contributed by atoms with Gasteiger partial charge in [0.2, 0.25) is 0 Å². The van der Waals surface area contributed by atoms with Crippen molar-refractivity contribution in [1.82, 2.24) is 10.2 Å². The van der Waals surface area contributed by atoms with E-state index in [1.807, 2.05) is 48.5 Å². The number of nitrogens with zero attached hydrogens (tertiary/aromatic N) is 1. The van der Waals surface area contributed by atoms with Gasteiger partial charge in [-0.25, -0.2) is 4.79 Å². The summed E-state index contributed by atoms with van der Waals surface area (Å²) in [5.74, 6) is 1.42. The summed E-state index contributed by atoms with van der Waals surface area (Å²) >= 11 is 0. The second-order valence-electron chi connectivity index (χ2n) is 5.24. The highest BCUT2D eigenvalue weighted by Crippen LogP contribution is 2.22. The molecule has 3 rings (SSSR count). The molecule has 1 atom stereocenters. The van der Waals surface area contributed by atoms with Crippen LogP contribution in [0.5, 0.6) is 0 Å². The van der Waals surface area contributed by atoms with E-state index in [1.54, 1.807) is 30.5 Å². The summed E-state index contributed by atoms with van der Waals surface area (Å²) in [5, 5.41) is 3.00. The van der Waals surface area contributed by atoms with Crippen molar-refractivity contribution in [2.75, 3.05) is 7.05 Å². The second-order valence-corrected chi connectivity index (χ2v) is 5.24. The minimum Gasteiger partial charge on any atom is -0.467 e. The van der Waals surface area contributed by atoms with E-state index in [4.69, 9.17) is 8.83 Å². The van der Waals surface area contributed by atoms with E-state index in [-0.39, 0.29) is 12.1 Å². The Kier molecular flexibility index (Phi) is 4.47. The lowest BCUT2D eigenvalue weighted by Crippen LogP contribution is -2.39. The van der Waals surface area contributed by atoms with Crippen molar-refractivity contribution < 1.29 is 13.6 Å². The van der Waals surface area contributed by atoms with E-state index in [0.29, 0.717) is 12.3 Å². The minimum absolute atomic E-state index is 0.202. The summed E-state index contributed by atoms with van der Waals surface area (Å²) in [7, 11) is 1.72. The number of carbonyl (C=O) groups is 1. The molecule has 2 aromatic heterocycles. The van der Waals surface area contributed by atoms with Gasteiger partial charge in [0.05, 0.1) is 19.1 Å². The van der Waals surface area contributed by atoms with E-state index >= 15 is 0 Å². The number of hydrogen-bond donors (Lipinski definition) is 1. The topological polar surface area (TPSA) is 58.6 Å². The van der Waals surface area contributed by atoms with E-state index in [9.17, 15) is 4.79 Å². The molecule has 3 aromatic rings. The van der Waals surface area contributed by atoms with Gasteiger partial charge in [-0.1, -0.05) is 30.3 Å². The number of furan rings is 2. The fraction of sp³-hybridized carbons (Fsp3) is 0.167. The molecule has 5 nitrogen and oxygen atoms in total. The molecule has 118 valence electrons. The minimum atomic E-state index is -0.335. The van der Waals surface area contributed by atoms with Crippen LogP contribution in [0.2, 0.25) is 0 Å². The number of benzene rings is 1. The smallest absolute Gasteiger partial charge is 0.318 e. The summed E-state index contributed by atoms with van der Waals surface area (Å²) in [4.78, 5) is 14.0. The van der Waals surface area contributed by atoms with Gasteiger partial charge in [0, 0.05) is 7.05 Å². The fourth-order valence-electron chi connectivity index (χ4n) is 2.36. The third kappa shape index (κ3) is 3.63. The monoisotopic (exact) mass is 310 g/mol. The van der Waals surface area contributed by atoms with Crippen molar-refractivity contribution in [3.63, 3.8) is 0 Å². The third-order valence-corrected chi connectivity index (χ3v) is 3.55. The van der Waals surface area contributed by atoms with Gasteiger partial charge < -0.3 is 19.1 Å². The van der Waals surface area contributed by atoms with Crippen LogP contribution in [0.4, 0.5) is 4.79 Å². The maximum absolute atomic E-state index is 12.5. The van der Waals surface area contributed by atoms with E-state index in [1.165, 1.54) is 0 Å². The summed E-state index contributed by atoms with van der Waals surface area (Å²) < 4.78 is 10.8. The molecule has 0 aliphatic rings. The maximum Gasteiger partial charge on any atom is 0.318 e. The first-order chi connectivity index (χ1) is 11.2. The zero-order valence-corrected chi connectivity index (χ0v) is 12.8. The molecular weight excluding hydrogens is 292 g/mol. The Morgan fingerprint density at radius 3 is 2.43 bits per heavy atom. The standard InChI is InChI=1S/C18H18N2O3/c1-20(13-15-9-5-11-22-15)18(21)19-17(16-10-6-12-23-16)14-7-3-2-4-8-14/h2-12,17H,13H2,1H3,(H,19,21). The average molecular weight is 310 g/mol. The molecule has 2 heterocycles. The van der Waals surface area contributed by atoms with Gasteiger partial charge in [-0.15, -0.1) is 0 Å². The Morgan fingerprint density at radius 2 is 1.78 bits per heavy atom. The van der Waals surface area contributed by atoms with Crippen LogP contribution in [0.25, 0.3) is 0 Å². The van der Waals surface area contributed by atoms with Gasteiger partial charge in [0.25, 0.3) is 0 Å². The number of nitrogens with one attached hydrogen (secondary N) is 1. The van der Waals surface area contributed by atoms with E-state index < -0.39 is 0 Å². The van der Waals surface area contributed by atoms with Crippen molar-refractivity contribution in [2.24, 2.45) is 0 Å². The lowest BCUT2D eigenvalue weighted by atomic mass is 10.0. The molecule has 1 aromatic carbocycles. The Bertz CT molecular complexity index is 721. The van der Waals surface area contributed by atoms with Crippen LogP contribution in [-0.2, 0) is 6.54 Å². The first-order valence-corrected chi connectivity index (χ1v) is 7.36. The molecule has 1 unspecified atom stereocenters. The summed E-state index contributed by atoms with van der Waals surface area (Å²) in [5.41, 5.74) is 0.960. The Labute approximate surface area is 134 Å². The average Bonchev–Trinajstić information content (AvgIpc) is 3.26. The Morgan fingerprint density at radius 1 is 1.04 bits per heavy atom. The molecule has 0 bridgehead atoms. The number of hydrogen-bond acceptors (Lipinski definition) is 3. The first kappa shape index (κ1) is 15.0. The van der Waals surface area contributed by atoms with Gasteiger partial charge >= 0.3 is 6.03 Å². The quantitative estimate of drug-likeness (QED) is 0.779. The molecule has 0 radical (unpaired) electrons. The predicted molar refractivity (Wildman–Crippen MR) is 85.7 cm³/mol. The van der Waals surface area contributed by atoms with Crippen molar-refractivity contribution in [3.8, 4) is 0 Å². The number of amides is 2. The SMILES string of the molecule is CN(Cc1ccco1)C(=O)NC(c1ccccc1)c1ccco1. The molecule has 0 saturated heterocycles. The van der Waals surface area contributed by atoms with Crippen LogP contribution in [-0.4, -0.2) is 18.0 Å². The fourth-order valence-corrected chi connectivity index (χ4v) is 2.36. The van der Waals surface area contributed by atoms with Crippen LogP contribution in [0.3, 0.4) is 0 Å². The normalized spacial score (nSPS) is 11.9. The Balaban J connectivity index is 1.74. The van der Waals surface area contributed by atoms with Crippen molar-refractivity contribution >= 4 is 6.03 Å². The van der Waals surface area contributed by atoms with E-state index in [2.05, 4.69) is 5.32 Å². The third-order valence-electron chi connectivity index (χ3n) is 3.55. The predicted octanol–water partition coefficient (Wildman–Crippen LogP) is 3.80. The molecule has 23 heavy (non-hydrogen) atoms. The lowest BCUT2D eigenvalue weighted by Gasteiger charge is -2.22. The van der Waals surface area contributed by atoms with Gasteiger partial charge in [-0.05, 0) is 29.8 Å². The zero-order chi connectivity index (χ0) is 16.1. The van der Waals surface area contributed by atoms with Crippen LogP contribution < -0.4 is 5.32 Å². The number of carbonyl (C=O) groups excluding carboxylic acids is 1. The molecular formula is C18H18N2O3. The molecule has 0 fully saturated rings. The number of rotatable bonds is 5. The molecule has 0 aliphatic carbocycles. The summed E-state index contributed by atoms with van der Waals surface area (Å²) in [6.45, 7) is 0.401. The highest BCUT2D eigenvalue weighted by molar-refractivity contribution is 5.74. The maximum atomic E-state index is 12.5. The number of urea groups is 1. The van der Waals surface area contributed by atoms with Gasteiger partial charge in [0.1, 0.15) is 17.6 Å². The molecule has 0 saturated carbocycles. The van der Waals surface area contributed by atoms with Crippen LogP contribution in [0.15, 0.2) is 76.0 Å². The van der Waals surface area contributed by atoms with Crippen LogP contribution in [0.1, 0.15) is 23.1 Å². The summed E-state index contributed by atoms with van der Waals surface area (Å²) in [6, 6.07) is 16.5. The van der Waals surface area contributed by atoms with E-state index in [0.717, 1.165) is 11.3 Å². The molecule has 1 N–H and O–H groups in total. The van der Waals surface area contributed by atoms with Crippen molar-refractivity contribution in [1.29, 1.82) is 0 Å². The van der Waals surface area contributed by atoms with Crippen LogP contribution in [0, 0.1) is 0 Å². The first-order valence-electron chi connectivity index (χ1n) is 7.36. The lowest BCUT2D eigenvalue weighted by molar-refractivity contribution is 0.199. The summed E-state index contributed by atoms with van der Waals surface area (Å²) in [6.07, 6.45) is 3.20. The van der Waals surface area contributed by atoms with Crippen molar-refractivity contribution in [3.05, 3.63) is 84.2 Å². The Hall–Kier alpha value is -2.95. The molecule has 0 spiro atoms. The van der Waals surface area contributed by atoms with Gasteiger partial charge in [-0.2, -0.15) is 0 Å². The molecule has 2 amide bonds. The van der Waals surface area contributed by atoms with Gasteiger partial charge in [-0.3, -0.25) is 0 Å². The molecule has 5 heteroatoms. The van der Waals surface area contributed by atoms with Crippen LogP contribution >= 0.6 is 0 Å². The van der Waals surface area contributed by atoms with Crippen molar-refractivity contribution in [2.45, 2.75) is 12.6 Å². The van der Waals surface area contributed by atoms with Gasteiger partial charge in [0.15, 0.2) is 0 Å². The second kappa shape index (κ2) is 6.87. The molecule has 0 aliphatic heterocycles. The highest BCUT2D eigenvalue weighted by Gasteiger charge is 2.21.